The maximum Gasteiger partial charge on any atom is 0.242 e. The van der Waals surface area contributed by atoms with Gasteiger partial charge in [0.25, 0.3) is 0 Å². The Morgan fingerprint density at radius 1 is 1.30 bits per heavy atom. The number of carbonyl (C=O) groups excluding carboxylic acids is 1. The fraction of sp³-hybridized carbons (Fsp3) is 0.524. The van der Waals surface area contributed by atoms with Crippen LogP contribution in [0.2, 0.25) is 0 Å². The third kappa shape index (κ3) is 3.86. The first kappa shape index (κ1) is 18.0. The van der Waals surface area contributed by atoms with Crippen molar-refractivity contribution in [2.75, 3.05) is 31.6 Å². The second kappa shape index (κ2) is 7.35. The van der Waals surface area contributed by atoms with Gasteiger partial charge in [0.05, 0.1) is 24.6 Å². The Morgan fingerprint density at radius 3 is 2.70 bits per heavy atom. The van der Waals surface area contributed by atoms with Gasteiger partial charge in [-0.15, -0.1) is 0 Å². The van der Waals surface area contributed by atoms with E-state index in [4.69, 9.17) is 4.74 Å². The van der Waals surface area contributed by atoms with E-state index in [1.165, 1.54) is 11.3 Å². The summed E-state index contributed by atoms with van der Waals surface area (Å²) in [5, 5.41) is 0. The van der Waals surface area contributed by atoms with Gasteiger partial charge in [-0.25, -0.2) is 4.98 Å². The quantitative estimate of drug-likeness (QED) is 0.832. The van der Waals surface area contributed by atoms with Crippen molar-refractivity contribution in [2.45, 2.75) is 44.4 Å². The number of imidazole rings is 1. The van der Waals surface area contributed by atoms with Crippen LogP contribution in [-0.4, -0.2) is 58.7 Å². The Kier molecular flexibility index (Phi) is 4.91. The molecule has 6 nitrogen and oxygen atoms in total. The molecular weight excluding hydrogens is 340 g/mol. The molecule has 2 aromatic rings. The number of ether oxygens (including phenoxy) is 1. The fourth-order valence-corrected chi connectivity index (χ4v) is 4.21. The first-order valence-corrected chi connectivity index (χ1v) is 9.72. The molecule has 3 heterocycles. The average Bonchev–Trinajstić information content (AvgIpc) is 3.33. The molecule has 1 atom stereocenters. The van der Waals surface area contributed by atoms with E-state index < -0.39 is 0 Å². The summed E-state index contributed by atoms with van der Waals surface area (Å²) in [7, 11) is 2.15. The highest BCUT2D eigenvalue weighted by molar-refractivity contribution is 5.76. The van der Waals surface area contributed by atoms with Crippen molar-refractivity contribution in [3.63, 3.8) is 0 Å². The van der Waals surface area contributed by atoms with E-state index in [9.17, 15) is 4.79 Å². The van der Waals surface area contributed by atoms with Gasteiger partial charge in [0.1, 0.15) is 6.54 Å². The molecule has 6 heteroatoms. The standard InChI is InChI=1S/C21H28N4O2/c1-17-3-5-18(6-4-17)23(2)19-13-21(27-15-19)7-10-25(11-8-21)20(26)14-24-12-9-22-16-24/h3-6,9,12,16,19H,7-8,10-11,13-15H2,1-2H3. The Labute approximate surface area is 160 Å². The van der Waals surface area contributed by atoms with Gasteiger partial charge in [0.15, 0.2) is 0 Å². The molecule has 0 bridgehead atoms. The normalized spacial score (nSPS) is 21.6. The summed E-state index contributed by atoms with van der Waals surface area (Å²) in [6.45, 7) is 4.78. The minimum absolute atomic E-state index is 0.0740. The topological polar surface area (TPSA) is 50.6 Å². The van der Waals surface area contributed by atoms with Crippen LogP contribution in [0.15, 0.2) is 43.0 Å². The molecule has 2 saturated heterocycles. The smallest absolute Gasteiger partial charge is 0.242 e. The lowest BCUT2D eigenvalue weighted by molar-refractivity contribution is -0.136. The van der Waals surface area contributed by atoms with E-state index in [1.807, 2.05) is 15.7 Å². The molecule has 1 amide bonds. The number of nitrogens with zero attached hydrogens (tertiary/aromatic N) is 4. The highest BCUT2D eigenvalue weighted by atomic mass is 16.5. The Hall–Kier alpha value is -2.34. The Balaban J connectivity index is 1.32. The van der Waals surface area contributed by atoms with E-state index in [1.54, 1.807) is 12.5 Å². The SMILES string of the molecule is Cc1ccc(N(C)C2COC3(CCN(C(=O)Cn4ccnc4)CC3)C2)cc1. The molecule has 144 valence electrons. The van der Waals surface area contributed by atoms with Crippen molar-refractivity contribution < 1.29 is 9.53 Å². The number of likely N-dealkylation sites (tertiary alicyclic amines) is 1. The first-order chi connectivity index (χ1) is 13.0. The van der Waals surface area contributed by atoms with Crippen LogP contribution in [0.4, 0.5) is 5.69 Å². The summed E-state index contributed by atoms with van der Waals surface area (Å²) in [6.07, 6.45) is 8.09. The molecule has 2 aliphatic rings. The van der Waals surface area contributed by atoms with Gasteiger partial charge in [-0.1, -0.05) is 17.7 Å². The summed E-state index contributed by atoms with van der Waals surface area (Å²) in [4.78, 5) is 20.8. The zero-order chi connectivity index (χ0) is 18.9. The summed E-state index contributed by atoms with van der Waals surface area (Å²) in [5.74, 6) is 0.161. The number of aryl methyl sites for hydroxylation is 1. The van der Waals surface area contributed by atoms with Crippen molar-refractivity contribution in [1.82, 2.24) is 14.5 Å². The van der Waals surface area contributed by atoms with Gasteiger partial charge in [-0.05, 0) is 38.3 Å². The number of hydrogen-bond acceptors (Lipinski definition) is 4. The van der Waals surface area contributed by atoms with Crippen LogP contribution in [0.3, 0.4) is 0 Å². The number of piperidine rings is 1. The number of hydrogen-bond donors (Lipinski definition) is 0. The zero-order valence-electron chi connectivity index (χ0n) is 16.2. The first-order valence-electron chi connectivity index (χ1n) is 9.72. The van der Waals surface area contributed by atoms with Crippen LogP contribution >= 0.6 is 0 Å². The summed E-state index contributed by atoms with van der Waals surface area (Å²) < 4.78 is 8.12. The molecule has 0 radical (unpaired) electrons. The van der Waals surface area contributed by atoms with Gasteiger partial charge in [-0.2, -0.15) is 0 Å². The van der Waals surface area contributed by atoms with Crippen LogP contribution in [0.5, 0.6) is 0 Å². The second-order valence-electron chi connectivity index (χ2n) is 7.91. The highest BCUT2D eigenvalue weighted by Gasteiger charge is 2.44. The van der Waals surface area contributed by atoms with E-state index in [-0.39, 0.29) is 11.5 Å². The van der Waals surface area contributed by atoms with Crippen LogP contribution in [0.25, 0.3) is 0 Å². The minimum atomic E-state index is -0.0740. The minimum Gasteiger partial charge on any atom is -0.373 e. The second-order valence-corrected chi connectivity index (χ2v) is 7.91. The molecule has 4 rings (SSSR count). The maximum absolute atomic E-state index is 12.5. The molecule has 0 aliphatic carbocycles. The molecule has 2 aliphatic heterocycles. The largest absolute Gasteiger partial charge is 0.373 e. The van der Waals surface area contributed by atoms with Gasteiger partial charge < -0.3 is 19.1 Å². The summed E-state index contributed by atoms with van der Waals surface area (Å²) in [6, 6.07) is 9.06. The van der Waals surface area contributed by atoms with E-state index in [2.05, 4.69) is 48.1 Å². The Morgan fingerprint density at radius 2 is 2.04 bits per heavy atom. The van der Waals surface area contributed by atoms with E-state index >= 15 is 0 Å². The molecule has 27 heavy (non-hydrogen) atoms. The molecule has 1 spiro atoms. The van der Waals surface area contributed by atoms with Crippen molar-refractivity contribution in [3.8, 4) is 0 Å². The number of rotatable bonds is 4. The average molecular weight is 368 g/mol. The lowest BCUT2D eigenvalue weighted by Crippen LogP contribution is -2.47. The molecular formula is C21H28N4O2. The molecule has 1 aromatic carbocycles. The number of carbonyl (C=O) groups is 1. The number of amides is 1. The third-order valence-corrected chi connectivity index (χ3v) is 6.08. The summed E-state index contributed by atoms with van der Waals surface area (Å²) >= 11 is 0. The predicted octanol–water partition coefficient (Wildman–Crippen LogP) is 2.48. The highest BCUT2D eigenvalue weighted by Crippen LogP contribution is 2.38. The van der Waals surface area contributed by atoms with Gasteiger partial charge in [0, 0.05) is 38.2 Å². The molecule has 2 fully saturated rings. The van der Waals surface area contributed by atoms with Gasteiger partial charge >= 0.3 is 0 Å². The number of likely N-dealkylation sites (N-methyl/N-ethyl adjacent to an activating group) is 1. The Bertz CT molecular complexity index is 764. The zero-order valence-corrected chi connectivity index (χ0v) is 16.2. The van der Waals surface area contributed by atoms with Crippen molar-refractivity contribution in [1.29, 1.82) is 0 Å². The molecule has 0 saturated carbocycles. The van der Waals surface area contributed by atoms with Gasteiger partial charge in [-0.3, -0.25) is 4.79 Å². The van der Waals surface area contributed by atoms with Crippen molar-refractivity contribution in [2.24, 2.45) is 0 Å². The maximum atomic E-state index is 12.5. The van der Waals surface area contributed by atoms with E-state index in [0.717, 1.165) is 39.0 Å². The van der Waals surface area contributed by atoms with Crippen LogP contribution < -0.4 is 4.90 Å². The number of aromatic nitrogens is 2. The number of anilines is 1. The molecule has 0 N–H and O–H groups in total. The van der Waals surface area contributed by atoms with Crippen molar-refractivity contribution in [3.05, 3.63) is 48.5 Å². The van der Waals surface area contributed by atoms with Crippen molar-refractivity contribution >= 4 is 11.6 Å². The number of benzene rings is 1. The predicted molar refractivity (Wildman–Crippen MR) is 105 cm³/mol. The van der Waals surface area contributed by atoms with Crippen LogP contribution in [0.1, 0.15) is 24.8 Å². The lowest BCUT2D eigenvalue weighted by atomic mass is 9.87. The summed E-state index contributed by atoms with van der Waals surface area (Å²) in [5.41, 5.74) is 2.44. The third-order valence-electron chi connectivity index (χ3n) is 6.08. The fourth-order valence-electron chi connectivity index (χ4n) is 4.21. The molecule has 1 unspecified atom stereocenters. The van der Waals surface area contributed by atoms with Crippen LogP contribution in [-0.2, 0) is 16.1 Å². The lowest BCUT2D eigenvalue weighted by Gasteiger charge is -2.39. The van der Waals surface area contributed by atoms with E-state index in [0.29, 0.717) is 12.6 Å². The van der Waals surface area contributed by atoms with Crippen LogP contribution in [0, 0.1) is 6.92 Å². The van der Waals surface area contributed by atoms with Gasteiger partial charge in [0.2, 0.25) is 5.91 Å². The molecule has 1 aromatic heterocycles. The monoisotopic (exact) mass is 368 g/mol.